The zero-order valence-electron chi connectivity index (χ0n) is 5.44. The standard InChI is InChI=1S/C5H12OSSi/c1-8(2)4-3-7(6)5-8/h3-5H2,1-2H3. The average molecular weight is 148 g/mol. The van der Waals surface area contributed by atoms with Crippen LogP contribution in [-0.4, -0.2) is 23.4 Å². The van der Waals surface area contributed by atoms with Crippen LogP contribution in [-0.2, 0) is 10.8 Å². The van der Waals surface area contributed by atoms with Crippen molar-refractivity contribution in [2.75, 3.05) is 11.1 Å². The SMILES string of the molecule is C[Si]1(C)CCS(=O)C1. The largest absolute Gasteiger partial charge is 0.260 e. The smallest absolute Gasteiger partial charge is 0.0620 e. The highest BCUT2D eigenvalue weighted by Crippen LogP contribution is 2.18. The van der Waals surface area contributed by atoms with Gasteiger partial charge in [-0.25, -0.2) is 0 Å². The van der Waals surface area contributed by atoms with E-state index in [1.807, 2.05) is 0 Å². The Balaban J connectivity index is 2.56. The predicted octanol–water partition coefficient (Wildman–Crippen LogP) is 0.996. The molecule has 1 saturated heterocycles. The molecule has 0 saturated carbocycles. The van der Waals surface area contributed by atoms with Crippen LogP contribution in [0, 0.1) is 0 Å². The summed E-state index contributed by atoms with van der Waals surface area (Å²) in [5, 5.41) is 1.05. The average Bonchev–Trinajstić information content (AvgIpc) is 1.82. The molecule has 0 radical (unpaired) electrons. The third-order valence-corrected chi connectivity index (χ3v) is 8.60. The topological polar surface area (TPSA) is 17.1 Å². The van der Waals surface area contributed by atoms with E-state index in [0.717, 1.165) is 11.1 Å². The molecule has 0 aromatic rings. The predicted molar refractivity (Wildman–Crippen MR) is 40.2 cm³/mol. The maximum absolute atomic E-state index is 10.8. The highest BCUT2D eigenvalue weighted by molar-refractivity contribution is 7.88. The third kappa shape index (κ3) is 1.42. The van der Waals surface area contributed by atoms with Crippen LogP contribution in [0.5, 0.6) is 0 Å². The number of hydrogen-bond donors (Lipinski definition) is 0. The minimum absolute atomic E-state index is 0.431. The van der Waals surface area contributed by atoms with E-state index in [0.29, 0.717) is 0 Å². The van der Waals surface area contributed by atoms with Crippen LogP contribution >= 0.6 is 0 Å². The summed E-state index contributed by atoms with van der Waals surface area (Å²) in [6.07, 6.45) is 0. The summed E-state index contributed by atoms with van der Waals surface area (Å²) in [6, 6.07) is 1.28. The number of rotatable bonds is 0. The number of hydrogen-bond acceptors (Lipinski definition) is 1. The second-order valence-corrected chi connectivity index (χ2v) is 10.5. The molecule has 1 nitrogen and oxygen atoms in total. The summed E-state index contributed by atoms with van der Waals surface area (Å²) < 4.78 is 10.8. The van der Waals surface area contributed by atoms with Crippen molar-refractivity contribution in [1.82, 2.24) is 0 Å². The fraction of sp³-hybridized carbons (Fsp3) is 1.00. The summed E-state index contributed by atoms with van der Waals surface area (Å²) >= 11 is 0. The van der Waals surface area contributed by atoms with Gasteiger partial charge in [-0.2, -0.15) is 0 Å². The monoisotopic (exact) mass is 148 g/mol. The molecule has 1 aliphatic heterocycles. The van der Waals surface area contributed by atoms with Gasteiger partial charge in [0.25, 0.3) is 0 Å². The van der Waals surface area contributed by atoms with Gasteiger partial charge in [-0.1, -0.05) is 13.1 Å². The highest BCUT2D eigenvalue weighted by Gasteiger charge is 2.29. The fourth-order valence-electron chi connectivity index (χ4n) is 0.970. The van der Waals surface area contributed by atoms with Crippen LogP contribution in [0.1, 0.15) is 0 Å². The Morgan fingerprint density at radius 1 is 1.50 bits per heavy atom. The minimum atomic E-state index is -0.903. The molecule has 1 rings (SSSR count). The molecule has 48 valence electrons. The Bertz CT molecular complexity index is 122. The lowest BCUT2D eigenvalue weighted by atomic mass is 11.0. The van der Waals surface area contributed by atoms with Crippen molar-refractivity contribution >= 4 is 18.9 Å². The lowest BCUT2D eigenvalue weighted by molar-refractivity contribution is 0.687. The molecule has 0 bridgehead atoms. The van der Waals surface area contributed by atoms with E-state index in [2.05, 4.69) is 13.1 Å². The Morgan fingerprint density at radius 3 is 2.25 bits per heavy atom. The summed E-state index contributed by atoms with van der Waals surface area (Å²) in [4.78, 5) is 0. The Kier molecular flexibility index (Phi) is 1.58. The van der Waals surface area contributed by atoms with Gasteiger partial charge < -0.3 is 0 Å². The van der Waals surface area contributed by atoms with Gasteiger partial charge in [-0.05, 0) is 6.04 Å². The van der Waals surface area contributed by atoms with Crippen LogP contribution in [0.25, 0.3) is 0 Å². The molecule has 1 heterocycles. The molecule has 0 spiro atoms. The Hall–Kier alpha value is 0.367. The maximum atomic E-state index is 10.8. The first-order valence-corrected chi connectivity index (χ1v) is 7.85. The van der Waals surface area contributed by atoms with Crippen molar-refractivity contribution in [2.24, 2.45) is 0 Å². The highest BCUT2D eigenvalue weighted by atomic mass is 32.2. The quantitative estimate of drug-likeness (QED) is 0.468. The van der Waals surface area contributed by atoms with E-state index in [4.69, 9.17) is 0 Å². The maximum Gasteiger partial charge on any atom is 0.0620 e. The molecular weight excluding hydrogens is 136 g/mol. The first kappa shape index (κ1) is 6.49. The van der Waals surface area contributed by atoms with E-state index in [1.165, 1.54) is 6.04 Å². The van der Waals surface area contributed by atoms with Gasteiger partial charge in [0.15, 0.2) is 0 Å². The molecule has 0 aromatic carbocycles. The fourth-order valence-corrected chi connectivity index (χ4v) is 8.73. The zero-order chi connectivity index (χ0) is 6.20. The second-order valence-electron chi connectivity index (χ2n) is 3.20. The molecule has 1 fully saturated rings. The summed E-state index contributed by atoms with van der Waals surface area (Å²) in [5.74, 6) is 0.985. The van der Waals surface area contributed by atoms with Crippen molar-refractivity contribution in [2.45, 2.75) is 19.1 Å². The lowest BCUT2D eigenvalue weighted by Crippen LogP contribution is -2.25. The summed E-state index contributed by atoms with van der Waals surface area (Å²) in [6.45, 7) is 4.63. The van der Waals surface area contributed by atoms with Crippen LogP contribution < -0.4 is 0 Å². The van der Waals surface area contributed by atoms with E-state index >= 15 is 0 Å². The third-order valence-electron chi connectivity index (χ3n) is 1.56. The van der Waals surface area contributed by atoms with Crippen molar-refractivity contribution < 1.29 is 4.21 Å². The Morgan fingerprint density at radius 2 is 2.12 bits per heavy atom. The van der Waals surface area contributed by atoms with Gasteiger partial charge in [0.05, 0.1) is 8.07 Å². The summed E-state index contributed by atoms with van der Waals surface area (Å²) in [7, 11) is -1.33. The minimum Gasteiger partial charge on any atom is -0.260 e. The van der Waals surface area contributed by atoms with Crippen molar-refractivity contribution in [3.05, 3.63) is 0 Å². The molecule has 8 heavy (non-hydrogen) atoms. The van der Waals surface area contributed by atoms with Gasteiger partial charge in [0, 0.05) is 21.9 Å². The molecule has 0 amide bonds. The van der Waals surface area contributed by atoms with Crippen LogP contribution in [0.3, 0.4) is 0 Å². The van der Waals surface area contributed by atoms with E-state index < -0.39 is 18.9 Å². The molecule has 1 unspecified atom stereocenters. The van der Waals surface area contributed by atoms with Crippen LogP contribution in [0.2, 0.25) is 19.1 Å². The molecule has 0 aromatic heterocycles. The van der Waals surface area contributed by atoms with E-state index in [1.54, 1.807) is 0 Å². The Labute approximate surface area is 53.9 Å². The molecule has 0 aliphatic carbocycles. The molecule has 1 atom stereocenters. The van der Waals surface area contributed by atoms with Gasteiger partial charge in [-0.3, -0.25) is 4.21 Å². The van der Waals surface area contributed by atoms with E-state index in [9.17, 15) is 4.21 Å². The van der Waals surface area contributed by atoms with Crippen molar-refractivity contribution in [3.63, 3.8) is 0 Å². The van der Waals surface area contributed by atoms with Crippen LogP contribution in [0.15, 0.2) is 0 Å². The van der Waals surface area contributed by atoms with Gasteiger partial charge in [0.2, 0.25) is 0 Å². The van der Waals surface area contributed by atoms with Crippen LogP contribution in [0.4, 0.5) is 0 Å². The van der Waals surface area contributed by atoms with E-state index in [-0.39, 0.29) is 0 Å². The van der Waals surface area contributed by atoms with Gasteiger partial charge in [-0.15, -0.1) is 0 Å². The van der Waals surface area contributed by atoms with Crippen molar-refractivity contribution in [1.29, 1.82) is 0 Å². The van der Waals surface area contributed by atoms with Crippen molar-refractivity contribution in [3.8, 4) is 0 Å². The normalized spacial score (nSPS) is 35.5. The first-order valence-electron chi connectivity index (χ1n) is 2.95. The zero-order valence-corrected chi connectivity index (χ0v) is 7.25. The molecular formula is C5H12OSSi. The molecule has 3 heteroatoms. The second kappa shape index (κ2) is 1.95. The van der Waals surface area contributed by atoms with Gasteiger partial charge >= 0.3 is 0 Å². The molecule has 0 N–H and O–H groups in total. The van der Waals surface area contributed by atoms with Gasteiger partial charge in [0.1, 0.15) is 0 Å². The molecule has 1 aliphatic rings. The lowest BCUT2D eigenvalue weighted by Gasteiger charge is -2.08. The summed E-state index contributed by atoms with van der Waals surface area (Å²) in [5.41, 5.74) is 0. The first-order chi connectivity index (χ1) is 3.60.